The summed E-state index contributed by atoms with van der Waals surface area (Å²) in [7, 11) is 1.28. The zero-order chi connectivity index (χ0) is 27.1. The molecule has 0 radical (unpaired) electrons. The predicted molar refractivity (Wildman–Crippen MR) is 147 cm³/mol. The molecule has 1 aromatic carbocycles. The summed E-state index contributed by atoms with van der Waals surface area (Å²) in [5, 5.41) is 5.64. The van der Waals surface area contributed by atoms with Crippen molar-refractivity contribution in [2.75, 3.05) is 13.7 Å². The Labute approximate surface area is 228 Å². The topological polar surface area (TPSA) is 111 Å². The second-order valence-corrected chi connectivity index (χ2v) is 11.2. The van der Waals surface area contributed by atoms with Gasteiger partial charge in [0, 0.05) is 28.9 Å². The second-order valence-electron chi connectivity index (χ2n) is 9.94. The molecule has 0 fully saturated rings. The minimum absolute atomic E-state index is 0.0112. The lowest BCUT2D eigenvalue weighted by molar-refractivity contribution is -0.155. The summed E-state index contributed by atoms with van der Waals surface area (Å²) < 4.78 is 11.3. The van der Waals surface area contributed by atoms with E-state index >= 15 is 0 Å². The first-order chi connectivity index (χ1) is 16.9. The molecule has 36 heavy (non-hydrogen) atoms. The van der Waals surface area contributed by atoms with Gasteiger partial charge in [-0.15, -0.1) is 0 Å². The van der Waals surface area contributed by atoms with E-state index in [0.717, 1.165) is 12.8 Å². The zero-order valence-corrected chi connectivity index (χ0v) is 24.3. The molecule has 1 unspecified atom stereocenters. The Kier molecular flexibility index (Phi) is 14.6. The van der Waals surface area contributed by atoms with Crippen LogP contribution in [0, 0.1) is 9.49 Å². The lowest BCUT2D eigenvalue weighted by Gasteiger charge is -2.21. The number of hydrogen-bond donors (Lipinski definition) is 2. The Hall–Kier alpha value is -2.17. The van der Waals surface area contributed by atoms with Crippen molar-refractivity contribution in [3.05, 3.63) is 33.4 Å². The molecule has 0 bridgehead atoms. The van der Waals surface area contributed by atoms with Gasteiger partial charge in [-0.25, -0.2) is 4.79 Å². The average Bonchev–Trinajstić information content (AvgIpc) is 2.81. The van der Waals surface area contributed by atoms with E-state index in [4.69, 9.17) is 9.47 Å². The summed E-state index contributed by atoms with van der Waals surface area (Å²) in [5.41, 5.74) is 0.650. The molecule has 2 atom stereocenters. The van der Waals surface area contributed by atoms with Crippen molar-refractivity contribution in [3.63, 3.8) is 0 Å². The number of rotatable bonds is 15. The van der Waals surface area contributed by atoms with Gasteiger partial charge in [-0.05, 0) is 99.6 Å². The van der Waals surface area contributed by atoms with Gasteiger partial charge in [-0.2, -0.15) is 0 Å². The Bertz CT molecular complexity index is 851. The van der Waals surface area contributed by atoms with Gasteiger partial charge in [0.15, 0.2) is 0 Å². The van der Waals surface area contributed by atoms with Crippen molar-refractivity contribution < 1.29 is 28.7 Å². The lowest BCUT2D eigenvalue weighted by atomic mass is 10.0. The molecule has 9 heteroatoms. The molecule has 8 nitrogen and oxygen atoms in total. The zero-order valence-electron chi connectivity index (χ0n) is 22.2. The monoisotopic (exact) mass is 616 g/mol. The summed E-state index contributed by atoms with van der Waals surface area (Å²) in [5.74, 6) is -1.62. The summed E-state index contributed by atoms with van der Waals surface area (Å²) in [6, 6.07) is 7.52. The molecule has 1 rings (SSSR count). The van der Waals surface area contributed by atoms with Crippen LogP contribution in [0.2, 0.25) is 0 Å². The smallest absolute Gasteiger partial charge is 0.328 e. The van der Waals surface area contributed by atoms with Gasteiger partial charge in [0.2, 0.25) is 11.8 Å². The van der Waals surface area contributed by atoms with Crippen molar-refractivity contribution in [2.45, 2.75) is 90.7 Å². The molecule has 202 valence electrons. The fraction of sp³-hybridized carbons (Fsp3) is 0.630. The Balaban J connectivity index is 2.30. The standard InChI is InChI=1S/C27H41IN2O6/c1-19(12-17-24(32)36-27(2,3)4)25(33)30-22(26(34)35-5)10-6-7-18-29-23(31)11-8-9-20-13-15-21(28)16-14-20/h13-16,19,22H,6-12,17-18H2,1-5H3,(H,29,31)(H,30,33)/t19?,22-/m0/s1. The van der Waals surface area contributed by atoms with Crippen LogP contribution in [-0.2, 0) is 35.1 Å². The minimum atomic E-state index is -0.767. The maximum Gasteiger partial charge on any atom is 0.328 e. The average molecular weight is 617 g/mol. The number of methoxy groups -OCH3 is 1. The van der Waals surface area contributed by atoms with E-state index in [1.165, 1.54) is 16.2 Å². The predicted octanol–water partition coefficient (Wildman–Crippen LogP) is 4.32. The first kappa shape index (κ1) is 31.9. The highest BCUT2D eigenvalue weighted by molar-refractivity contribution is 14.1. The van der Waals surface area contributed by atoms with Crippen LogP contribution in [0.5, 0.6) is 0 Å². The number of carbonyl (C=O) groups excluding carboxylic acids is 4. The Morgan fingerprint density at radius 3 is 2.25 bits per heavy atom. The SMILES string of the molecule is COC(=O)[C@H](CCCCNC(=O)CCCc1ccc(I)cc1)NC(=O)C(C)CCC(=O)OC(C)(C)C. The van der Waals surface area contributed by atoms with E-state index in [-0.39, 0.29) is 24.2 Å². The molecule has 0 aliphatic carbocycles. The molecule has 0 aliphatic rings. The van der Waals surface area contributed by atoms with Crippen molar-refractivity contribution in [1.82, 2.24) is 10.6 Å². The van der Waals surface area contributed by atoms with E-state index in [1.54, 1.807) is 27.7 Å². The first-order valence-electron chi connectivity index (χ1n) is 12.5. The highest BCUT2D eigenvalue weighted by Gasteiger charge is 2.25. The maximum atomic E-state index is 12.5. The van der Waals surface area contributed by atoms with Crippen LogP contribution in [0.15, 0.2) is 24.3 Å². The van der Waals surface area contributed by atoms with Gasteiger partial charge in [0.25, 0.3) is 0 Å². The number of carbonyl (C=O) groups is 4. The molecule has 0 aromatic heterocycles. The molecule has 0 heterocycles. The summed E-state index contributed by atoms with van der Waals surface area (Å²) in [6.07, 6.45) is 4.28. The molecule has 0 aliphatic heterocycles. The maximum absolute atomic E-state index is 12.5. The van der Waals surface area contributed by atoms with Crippen LogP contribution in [0.4, 0.5) is 0 Å². The molecule has 2 amide bonds. The minimum Gasteiger partial charge on any atom is -0.467 e. The van der Waals surface area contributed by atoms with Gasteiger partial charge in [0.05, 0.1) is 7.11 Å². The van der Waals surface area contributed by atoms with Gasteiger partial charge in [-0.1, -0.05) is 19.1 Å². The molecular formula is C27H41IN2O6. The number of halogens is 1. The van der Waals surface area contributed by atoms with E-state index in [2.05, 4.69) is 57.5 Å². The highest BCUT2D eigenvalue weighted by Crippen LogP contribution is 2.14. The molecule has 0 spiro atoms. The number of esters is 2. The van der Waals surface area contributed by atoms with Crippen LogP contribution >= 0.6 is 22.6 Å². The van der Waals surface area contributed by atoms with E-state index < -0.39 is 23.5 Å². The third kappa shape index (κ3) is 14.4. The van der Waals surface area contributed by atoms with Crippen molar-refractivity contribution in [2.24, 2.45) is 5.92 Å². The number of aryl methyl sites for hydroxylation is 1. The molecule has 1 aromatic rings. The number of hydrogen-bond acceptors (Lipinski definition) is 6. The van der Waals surface area contributed by atoms with Crippen LogP contribution in [0.3, 0.4) is 0 Å². The number of nitrogens with one attached hydrogen (secondary N) is 2. The number of ether oxygens (including phenoxy) is 2. The Morgan fingerprint density at radius 2 is 1.64 bits per heavy atom. The van der Waals surface area contributed by atoms with E-state index in [9.17, 15) is 19.2 Å². The van der Waals surface area contributed by atoms with Crippen molar-refractivity contribution >= 4 is 46.3 Å². The summed E-state index contributed by atoms with van der Waals surface area (Å²) >= 11 is 2.27. The molecule has 0 saturated heterocycles. The molecule has 2 N–H and O–H groups in total. The number of amides is 2. The largest absolute Gasteiger partial charge is 0.467 e. The van der Waals surface area contributed by atoms with Crippen LogP contribution in [0.25, 0.3) is 0 Å². The highest BCUT2D eigenvalue weighted by atomic mass is 127. The first-order valence-corrected chi connectivity index (χ1v) is 13.6. The van der Waals surface area contributed by atoms with Gasteiger partial charge in [-0.3, -0.25) is 14.4 Å². The van der Waals surface area contributed by atoms with Crippen LogP contribution < -0.4 is 10.6 Å². The molecular weight excluding hydrogens is 575 g/mol. The van der Waals surface area contributed by atoms with Gasteiger partial charge in [0.1, 0.15) is 11.6 Å². The quantitative estimate of drug-likeness (QED) is 0.173. The van der Waals surface area contributed by atoms with Crippen molar-refractivity contribution in [1.29, 1.82) is 0 Å². The van der Waals surface area contributed by atoms with E-state index in [0.29, 0.717) is 38.6 Å². The summed E-state index contributed by atoms with van der Waals surface area (Å²) in [4.78, 5) is 48.6. The lowest BCUT2D eigenvalue weighted by Crippen LogP contribution is -2.44. The van der Waals surface area contributed by atoms with E-state index in [1.807, 2.05) is 0 Å². The Morgan fingerprint density at radius 1 is 0.972 bits per heavy atom. The van der Waals surface area contributed by atoms with Gasteiger partial charge < -0.3 is 20.1 Å². The fourth-order valence-electron chi connectivity index (χ4n) is 3.46. The molecule has 0 saturated carbocycles. The normalized spacial score (nSPS) is 12.8. The van der Waals surface area contributed by atoms with Crippen LogP contribution in [-0.4, -0.2) is 49.1 Å². The third-order valence-electron chi connectivity index (χ3n) is 5.48. The van der Waals surface area contributed by atoms with Gasteiger partial charge >= 0.3 is 11.9 Å². The fourth-order valence-corrected chi connectivity index (χ4v) is 3.82. The number of unbranched alkanes of at least 4 members (excludes halogenated alkanes) is 1. The third-order valence-corrected chi connectivity index (χ3v) is 6.19. The second kappa shape index (κ2) is 16.6. The number of benzene rings is 1. The summed E-state index contributed by atoms with van der Waals surface area (Å²) in [6.45, 7) is 7.60. The van der Waals surface area contributed by atoms with Crippen molar-refractivity contribution in [3.8, 4) is 0 Å². The van der Waals surface area contributed by atoms with Crippen LogP contribution in [0.1, 0.15) is 78.2 Å².